The maximum atomic E-state index is 5.71. The van der Waals surface area contributed by atoms with Crippen LogP contribution in [0.1, 0.15) is 17.0 Å². The minimum absolute atomic E-state index is 0.739. The van der Waals surface area contributed by atoms with E-state index in [0.29, 0.717) is 0 Å². The quantitative estimate of drug-likeness (QED) is 0.178. The molecule has 274 valence electrons. The summed E-state index contributed by atoms with van der Waals surface area (Å²) in [6.45, 7) is 0.739. The number of aromatic amines is 2. The summed E-state index contributed by atoms with van der Waals surface area (Å²) < 4.78 is 2.30. The SMILES string of the molecule is C1=Cc2nc1c(-c1ccccc1)c1nc(c(-c3ccccc3)c3ccc([nH]3)c(-c3ccccc3)c3ccc([nH]3)c2-c2ccccc2)-c2cn(Cc3ccccc3)cc2-1. The van der Waals surface area contributed by atoms with Crippen LogP contribution in [0.25, 0.3) is 101 Å². The van der Waals surface area contributed by atoms with Crippen molar-refractivity contribution in [3.8, 4) is 67.0 Å². The number of aromatic nitrogens is 5. The summed E-state index contributed by atoms with van der Waals surface area (Å²) in [5.74, 6) is 0. The molecule has 0 saturated heterocycles. The Labute approximate surface area is 336 Å². The first-order valence-corrected chi connectivity index (χ1v) is 19.7. The highest BCUT2D eigenvalue weighted by Crippen LogP contribution is 2.47. The lowest BCUT2D eigenvalue weighted by molar-refractivity contribution is 0.806. The van der Waals surface area contributed by atoms with E-state index in [1.807, 2.05) is 0 Å². The van der Waals surface area contributed by atoms with Crippen molar-refractivity contribution in [1.29, 1.82) is 0 Å². The number of rotatable bonds is 6. The predicted molar refractivity (Wildman–Crippen MR) is 240 cm³/mol. The molecule has 5 nitrogen and oxygen atoms in total. The van der Waals surface area contributed by atoms with E-state index >= 15 is 0 Å². The van der Waals surface area contributed by atoms with E-state index in [-0.39, 0.29) is 0 Å². The molecule has 0 radical (unpaired) electrons. The van der Waals surface area contributed by atoms with Gasteiger partial charge in [-0.2, -0.15) is 0 Å². The largest absolute Gasteiger partial charge is 0.354 e. The molecule has 5 heteroatoms. The van der Waals surface area contributed by atoms with E-state index in [1.165, 1.54) is 5.56 Å². The van der Waals surface area contributed by atoms with E-state index in [1.54, 1.807) is 0 Å². The molecule has 58 heavy (non-hydrogen) atoms. The van der Waals surface area contributed by atoms with E-state index < -0.39 is 0 Å². The van der Waals surface area contributed by atoms with Crippen LogP contribution in [0.3, 0.4) is 0 Å². The highest BCUT2D eigenvalue weighted by Gasteiger charge is 2.28. The average Bonchev–Trinajstić information content (AvgIpc) is 4.14. The molecule has 2 N–H and O–H groups in total. The Balaban J connectivity index is 1.33. The smallest absolute Gasteiger partial charge is 0.0831 e. The number of fused-ring (bicyclic) bond motifs is 11. The molecule has 9 aromatic rings. The molecular weight excluding hydrogens is 707 g/mol. The lowest BCUT2D eigenvalue weighted by Crippen LogP contribution is -1.96. The molecule has 4 aromatic heterocycles. The van der Waals surface area contributed by atoms with Gasteiger partial charge in [-0.05, 0) is 64.2 Å². The summed E-state index contributed by atoms with van der Waals surface area (Å²) in [6, 6.07) is 61.8. The predicted octanol–water partition coefficient (Wildman–Crippen LogP) is 13.3. The van der Waals surface area contributed by atoms with E-state index in [0.717, 1.165) is 107 Å². The third-order valence-electron chi connectivity index (χ3n) is 11.1. The van der Waals surface area contributed by atoms with Crippen molar-refractivity contribution < 1.29 is 0 Å². The minimum atomic E-state index is 0.739. The summed E-state index contributed by atoms with van der Waals surface area (Å²) in [6.07, 6.45) is 8.84. The van der Waals surface area contributed by atoms with Gasteiger partial charge in [0.15, 0.2) is 0 Å². The van der Waals surface area contributed by atoms with Crippen LogP contribution in [-0.4, -0.2) is 24.5 Å². The topological polar surface area (TPSA) is 62.3 Å². The normalized spacial score (nSPS) is 11.8. The number of hydrogen-bond acceptors (Lipinski definition) is 2. The number of benzene rings is 5. The summed E-state index contributed by atoms with van der Waals surface area (Å²) >= 11 is 0. The fraction of sp³-hybridized carbons (Fsp3) is 0.0189. The van der Waals surface area contributed by atoms with Crippen molar-refractivity contribution in [2.24, 2.45) is 0 Å². The number of nitrogens with one attached hydrogen (secondary N) is 2. The van der Waals surface area contributed by atoms with Crippen molar-refractivity contribution >= 4 is 34.2 Å². The number of nitrogens with zero attached hydrogens (tertiary/aromatic N) is 3. The van der Waals surface area contributed by atoms with Crippen LogP contribution in [0.2, 0.25) is 0 Å². The van der Waals surface area contributed by atoms with Gasteiger partial charge in [-0.1, -0.05) is 152 Å². The molecular formula is C53H37N5. The third-order valence-corrected chi connectivity index (χ3v) is 11.1. The first kappa shape index (κ1) is 33.6. The van der Waals surface area contributed by atoms with Crippen molar-refractivity contribution in [3.05, 3.63) is 205 Å². The molecule has 0 aliphatic carbocycles. The molecule has 5 aromatic carbocycles. The zero-order chi connectivity index (χ0) is 38.4. The molecule has 11 rings (SSSR count). The van der Waals surface area contributed by atoms with Gasteiger partial charge >= 0.3 is 0 Å². The van der Waals surface area contributed by atoms with Crippen molar-refractivity contribution in [1.82, 2.24) is 24.5 Å². The number of H-pyrrole nitrogens is 2. The Kier molecular flexibility index (Phi) is 8.14. The molecule has 6 heterocycles. The molecule has 2 aliphatic rings. The summed E-state index contributed by atoms with van der Waals surface area (Å²) in [5.41, 5.74) is 19.5. The second kappa shape index (κ2) is 14.1. The highest BCUT2D eigenvalue weighted by molar-refractivity contribution is 6.04. The van der Waals surface area contributed by atoms with Crippen LogP contribution in [0.15, 0.2) is 188 Å². The van der Waals surface area contributed by atoms with Gasteiger partial charge in [0.25, 0.3) is 0 Å². The first-order valence-electron chi connectivity index (χ1n) is 19.7. The molecule has 0 saturated carbocycles. The average molecular weight is 744 g/mol. The second-order valence-electron chi connectivity index (χ2n) is 14.8. The molecule has 0 atom stereocenters. The standard InChI is InChI=1S/C53H37N5/c1-6-16-35(17-7-1)32-58-33-40-41(34-58)53-51(39-24-14-5-15-25-39)47-31-29-45(56-47)49(37-20-10-3-11-21-37)43-27-26-42(54-43)48(36-18-8-2-9-19-36)44-28-30-46(55-44)50(52(40)57-53)38-22-12-4-13-23-38/h1-31,33-34,54-55H,32H2. The van der Waals surface area contributed by atoms with Gasteiger partial charge in [-0.15, -0.1) is 0 Å². The fourth-order valence-electron chi connectivity index (χ4n) is 8.54. The van der Waals surface area contributed by atoms with Gasteiger partial charge in [0.2, 0.25) is 0 Å². The van der Waals surface area contributed by atoms with Crippen molar-refractivity contribution in [2.75, 3.05) is 0 Å². The van der Waals surface area contributed by atoms with Gasteiger partial charge in [0.1, 0.15) is 0 Å². The summed E-state index contributed by atoms with van der Waals surface area (Å²) in [7, 11) is 0. The molecule has 8 bridgehead atoms. The first-order chi connectivity index (χ1) is 28.7. The van der Waals surface area contributed by atoms with Gasteiger partial charge < -0.3 is 14.5 Å². The van der Waals surface area contributed by atoms with Crippen molar-refractivity contribution in [3.63, 3.8) is 0 Å². The molecule has 0 unspecified atom stereocenters. The van der Waals surface area contributed by atoms with E-state index in [2.05, 4.69) is 215 Å². The van der Waals surface area contributed by atoms with E-state index in [4.69, 9.17) is 9.97 Å². The summed E-state index contributed by atoms with van der Waals surface area (Å²) in [5, 5.41) is 0. The maximum Gasteiger partial charge on any atom is 0.0831 e. The van der Waals surface area contributed by atoms with Crippen LogP contribution in [0.5, 0.6) is 0 Å². The Morgan fingerprint density at radius 2 is 0.741 bits per heavy atom. The zero-order valence-corrected chi connectivity index (χ0v) is 31.6. The monoisotopic (exact) mass is 743 g/mol. The Hall–Kier alpha value is -7.76. The lowest BCUT2D eigenvalue weighted by atomic mass is 9.97. The van der Waals surface area contributed by atoms with Crippen LogP contribution in [0, 0.1) is 0 Å². The Morgan fingerprint density at radius 1 is 0.362 bits per heavy atom. The zero-order valence-electron chi connectivity index (χ0n) is 31.6. The third kappa shape index (κ3) is 5.89. The van der Waals surface area contributed by atoms with Crippen LogP contribution < -0.4 is 0 Å². The number of hydrogen-bond donors (Lipinski definition) is 2. The van der Waals surface area contributed by atoms with Crippen molar-refractivity contribution in [2.45, 2.75) is 6.54 Å². The molecule has 0 spiro atoms. The fourth-order valence-corrected chi connectivity index (χ4v) is 8.54. The van der Waals surface area contributed by atoms with Crippen LogP contribution in [0.4, 0.5) is 0 Å². The minimum Gasteiger partial charge on any atom is -0.354 e. The van der Waals surface area contributed by atoms with E-state index in [9.17, 15) is 0 Å². The molecule has 0 amide bonds. The highest BCUT2D eigenvalue weighted by atomic mass is 15.0. The van der Waals surface area contributed by atoms with Gasteiger partial charge in [-0.3, -0.25) is 0 Å². The Bertz CT molecular complexity index is 3160. The van der Waals surface area contributed by atoms with Gasteiger partial charge in [0, 0.05) is 74.4 Å². The van der Waals surface area contributed by atoms with Gasteiger partial charge in [0.05, 0.1) is 22.8 Å². The lowest BCUT2D eigenvalue weighted by Gasteiger charge is -2.08. The molecule has 2 aliphatic heterocycles. The van der Waals surface area contributed by atoms with Crippen LogP contribution in [-0.2, 0) is 6.54 Å². The second-order valence-corrected chi connectivity index (χ2v) is 14.8. The Morgan fingerprint density at radius 3 is 1.26 bits per heavy atom. The van der Waals surface area contributed by atoms with Gasteiger partial charge in [-0.25, -0.2) is 9.97 Å². The molecule has 0 fully saturated rings. The maximum absolute atomic E-state index is 5.71. The van der Waals surface area contributed by atoms with Crippen LogP contribution >= 0.6 is 0 Å². The summed E-state index contributed by atoms with van der Waals surface area (Å²) in [4.78, 5) is 19.0.